The SMILES string of the molecule is Cc1cc(C(=O)NCC2CNC2)cc(C)c1OCc1cccnc1. The first-order chi connectivity index (χ1) is 11.6. The molecule has 1 aromatic heterocycles. The zero-order valence-electron chi connectivity index (χ0n) is 14.1. The first-order valence-corrected chi connectivity index (χ1v) is 8.25. The lowest BCUT2D eigenvalue weighted by atomic mass is 10.0. The van der Waals surface area contributed by atoms with Gasteiger partial charge in [-0.25, -0.2) is 0 Å². The molecule has 1 saturated heterocycles. The summed E-state index contributed by atoms with van der Waals surface area (Å²) in [5.74, 6) is 1.36. The maximum Gasteiger partial charge on any atom is 0.251 e. The van der Waals surface area contributed by atoms with Crippen LogP contribution in [0, 0.1) is 19.8 Å². The minimum absolute atomic E-state index is 0.0214. The Labute approximate surface area is 142 Å². The van der Waals surface area contributed by atoms with Gasteiger partial charge in [-0.05, 0) is 43.2 Å². The summed E-state index contributed by atoms with van der Waals surface area (Å²) in [6.07, 6.45) is 3.54. The maximum atomic E-state index is 12.3. The Bertz CT molecular complexity index is 689. The highest BCUT2D eigenvalue weighted by molar-refractivity contribution is 5.94. The Morgan fingerprint density at radius 3 is 2.67 bits per heavy atom. The van der Waals surface area contributed by atoms with Crippen LogP contribution in [0.5, 0.6) is 5.75 Å². The van der Waals surface area contributed by atoms with Gasteiger partial charge in [0.2, 0.25) is 0 Å². The van der Waals surface area contributed by atoms with E-state index in [-0.39, 0.29) is 5.91 Å². The Kier molecular flexibility index (Phi) is 5.11. The molecule has 126 valence electrons. The second kappa shape index (κ2) is 7.45. The van der Waals surface area contributed by atoms with E-state index in [4.69, 9.17) is 4.74 Å². The third-order valence-electron chi connectivity index (χ3n) is 4.25. The van der Waals surface area contributed by atoms with Gasteiger partial charge in [0, 0.05) is 49.1 Å². The summed E-state index contributed by atoms with van der Waals surface area (Å²) >= 11 is 0. The average molecular weight is 325 g/mol. The summed E-state index contributed by atoms with van der Waals surface area (Å²) in [6.45, 7) is 7.11. The summed E-state index contributed by atoms with van der Waals surface area (Å²) in [7, 11) is 0. The van der Waals surface area contributed by atoms with Gasteiger partial charge in [0.15, 0.2) is 0 Å². The minimum Gasteiger partial charge on any atom is -0.488 e. The predicted molar refractivity (Wildman–Crippen MR) is 93.2 cm³/mol. The number of carbonyl (C=O) groups is 1. The molecule has 0 aliphatic carbocycles. The molecule has 2 N–H and O–H groups in total. The second-order valence-corrected chi connectivity index (χ2v) is 6.32. The standard InChI is InChI=1S/C19H23N3O2/c1-13-6-17(19(23)22-11-16-9-21-10-16)7-14(2)18(13)24-12-15-4-3-5-20-8-15/h3-8,16,21H,9-12H2,1-2H3,(H,22,23). The van der Waals surface area contributed by atoms with Gasteiger partial charge < -0.3 is 15.4 Å². The first-order valence-electron chi connectivity index (χ1n) is 8.25. The predicted octanol–water partition coefficient (Wildman–Crippen LogP) is 2.23. The van der Waals surface area contributed by atoms with Crippen LogP contribution in [0.3, 0.4) is 0 Å². The van der Waals surface area contributed by atoms with E-state index >= 15 is 0 Å². The number of rotatable bonds is 6. The monoisotopic (exact) mass is 325 g/mol. The van der Waals surface area contributed by atoms with Gasteiger partial charge in [-0.1, -0.05) is 6.07 Å². The van der Waals surface area contributed by atoms with Crippen LogP contribution in [-0.2, 0) is 6.61 Å². The molecule has 3 rings (SSSR count). The number of pyridine rings is 1. The van der Waals surface area contributed by atoms with Crippen LogP contribution in [0.1, 0.15) is 27.0 Å². The van der Waals surface area contributed by atoms with Crippen molar-refractivity contribution in [3.8, 4) is 5.75 Å². The van der Waals surface area contributed by atoms with Gasteiger partial charge in [0.25, 0.3) is 5.91 Å². The molecule has 1 aliphatic heterocycles. The second-order valence-electron chi connectivity index (χ2n) is 6.32. The molecular weight excluding hydrogens is 302 g/mol. The Balaban J connectivity index is 1.65. The van der Waals surface area contributed by atoms with Crippen LogP contribution in [0.2, 0.25) is 0 Å². The van der Waals surface area contributed by atoms with E-state index in [0.717, 1.165) is 42.1 Å². The Hall–Kier alpha value is -2.40. The Morgan fingerprint density at radius 2 is 2.08 bits per heavy atom. The number of hydrogen-bond donors (Lipinski definition) is 2. The molecule has 0 spiro atoms. The zero-order chi connectivity index (χ0) is 16.9. The summed E-state index contributed by atoms with van der Waals surface area (Å²) in [4.78, 5) is 16.4. The van der Waals surface area contributed by atoms with Crippen molar-refractivity contribution in [1.82, 2.24) is 15.6 Å². The number of amides is 1. The molecule has 5 nitrogen and oxygen atoms in total. The molecule has 0 bridgehead atoms. The van der Waals surface area contributed by atoms with Crippen molar-refractivity contribution in [1.29, 1.82) is 0 Å². The van der Waals surface area contributed by atoms with E-state index in [1.54, 1.807) is 12.4 Å². The van der Waals surface area contributed by atoms with Gasteiger partial charge >= 0.3 is 0 Å². The molecular formula is C19H23N3O2. The number of aryl methyl sites for hydroxylation is 2. The van der Waals surface area contributed by atoms with Gasteiger partial charge in [-0.3, -0.25) is 9.78 Å². The molecule has 0 radical (unpaired) electrons. The lowest BCUT2D eigenvalue weighted by molar-refractivity contribution is 0.0942. The van der Waals surface area contributed by atoms with E-state index in [2.05, 4.69) is 15.6 Å². The fourth-order valence-electron chi connectivity index (χ4n) is 2.78. The molecule has 1 aliphatic rings. The van der Waals surface area contributed by atoms with Gasteiger partial charge in [-0.15, -0.1) is 0 Å². The van der Waals surface area contributed by atoms with Crippen LogP contribution in [0.25, 0.3) is 0 Å². The highest BCUT2D eigenvalue weighted by Crippen LogP contribution is 2.25. The number of nitrogens with zero attached hydrogens (tertiary/aromatic N) is 1. The average Bonchev–Trinajstić information content (AvgIpc) is 2.53. The smallest absolute Gasteiger partial charge is 0.251 e. The molecule has 5 heteroatoms. The number of nitrogens with one attached hydrogen (secondary N) is 2. The lowest BCUT2D eigenvalue weighted by Gasteiger charge is -2.27. The molecule has 0 unspecified atom stereocenters. The number of carbonyl (C=O) groups excluding carboxylic acids is 1. The highest BCUT2D eigenvalue weighted by Gasteiger charge is 2.18. The van der Waals surface area contributed by atoms with Crippen LogP contribution in [0.4, 0.5) is 0 Å². The molecule has 2 heterocycles. The van der Waals surface area contributed by atoms with E-state index in [9.17, 15) is 4.79 Å². The van der Waals surface area contributed by atoms with Crippen molar-refractivity contribution in [3.05, 3.63) is 58.9 Å². The van der Waals surface area contributed by atoms with Crippen molar-refractivity contribution >= 4 is 5.91 Å². The zero-order valence-corrected chi connectivity index (χ0v) is 14.1. The molecule has 2 aromatic rings. The summed E-state index contributed by atoms with van der Waals surface area (Å²) in [5, 5.41) is 6.21. The minimum atomic E-state index is -0.0214. The highest BCUT2D eigenvalue weighted by atomic mass is 16.5. The van der Waals surface area contributed by atoms with Crippen molar-refractivity contribution < 1.29 is 9.53 Å². The van der Waals surface area contributed by atoms with Gasteiger partial charge in [-0.2, -0.15) is 0 Å². The van der Waals surface area contributed by atoms with E-state index in [0.29, 0.717) is 18.1 Å². The van der Waals surface area contributed by atoms with Crippen molar-refractivity contribution in [2.75, 3.05) is 19.6 Å². The first kappa shape index (κ1) is 16.5. The number of benzene rings is 1. The summed E-state index contributed by atoms with van der Waals surface area (Å²) in [5.41, 5.74) is 3.64. The van der Waals surface area contributed by atoms with Crippen molar-refractivity contribution in [2.45, 2.75) is 20.5 Å². The third kappa shape index (κ3) is 3.92. The quantitative estimate of drug-likeness (QED) is 0.855. The van der Waals surface area contributed by atoms with Crippen molar-refractivity contribution in [3.63, 3.8) is 0 Å². The van der Waals surface area contributed by atoms with Crippen LogP contribution >= 0.6 is 0 Å². The number of aromatic nitrogens is 1. The van der Waals surface area contributed by atoms with E-state index < -0.39 is 0 Å². The topological polar surface area (TPSA) is 63.2 Å². The largest absolute Gasteiger partial charge is 0.488 e. The summed E-state index contributed by atoms with van der Waals surface area (Å²) in [6, 6.07) is 7.65. The van der Waals surface area contributed by atoms with Crippen molar-refractivity contribution in [2.24, 2.45) is 5.92 Å². The van der Waals surface area contributed by atoms with E-state index in [1.807, 2.05) is 38.1 Å². The van der Waals surface area contributed by atoms with Crippen LogP contribution in [-0.4, -0.2) is 30.5 Å². The lowest BCUT2D eigenvalue weighted by Crippen LogP contribution is -2.48. The maximum absolute atomic E-state index is 12.3. The molecule has 0 atom stereocenters. The third-order valence-corrected chi connectivity index (χ3v) is 4.25. The molecule has 1 amide bonds. The number of ether oxygens (including phenoxy) is 1. The van der Waals surface area contributed by atoms with Crippen LogP contribution < -0.4 is 15.4 Å². The van der Waals surface area contributed by atoms with Gasteiger partial charge in [0.1, 0.15) is 12.4 Å². The molecule has 1 aromatic carbocycles. The molecule has 1 fully saturated rings. The fourth-order valence-corrected chi connectivity index (χ4v) is 2.78. The van der Waals surface area contributed by atoms with E-state index in [1.165, 1.54) is 0 Å². The number of hydrogen-bond acceptors (Lipinski definition) is 4. The molecule has 24 heavy (non-hydrogen) atoms. The normalized spacial score (nSPS) is 14.1. The van der Waals surface area contributed by atoms with Gasteiger partial charge in [0.05, 0.1) is 0 Å². The fraction of sp³-hybridized carbons (Fsp3) is 0.368. The van der Waals surface area contributed by atoms with Crippen LogP contribution in [0.15, 0.2) is 36.7 Å². The molecule has 0 saturated carbocycles. The Morgan fingerprint density at radius 1 is 1.33 bits per heavy atom. The summed E-state index contributed by atoms with van der Waals surface area (Å²) < 4.78 is 5.93.